The van der Waals surface area contributed by atoms with Crippen LogP contribution in [-0.4, -0.2) is 50.0 Å². The van der Waals surface area contributed by atoms with Gasteiger partial charge in [-0.2, -0.15) is 13.5 Å². The molecule has 2 aromatic carbocycles. The van der Waals surface area contributed by atoms with Gasteiger partial charge in [0.2, 0.25) is 0 Å². The summed E-state index contributed by atoms with van der Waals surface area (Å²) in [7, 11) is -4.06. The van der Waals surface area contributed by atoms with E-state index in [0.29, 0.717) is 5.56 Å². The van der Waals surface area contributed by atoms with Gasteiger partial charge >= 0.3 is 11.9 Å². The van der Waals surface area contributed by atoms with Crippen LogP contribution in [0.5, 0.6) is 0 Å². The van der Waals surface area contributed by atoms with Crippen LogP contribution in [0.4, 0.5) is 0 Å². The van der Waals surface area contributed by atoms with E-state index in [2.05, 4.69) is 9.93 Å². The Balaban J connectivity index is 2.15. The van der Waals surface area contributed by atoms with Gasteiger partial charge in [-0.25, -0.2) is 4.83 Å². The zero-order chi connectivity index (χ0) is 27.4. The Kier molecular flexibility index (Phi) is 8.76. The number of ether oxygens (including phenoxy) is 2. The van der Waals surface area contributed by atoms with E-state index in [1.807, 2.05) is 26.0 Å². The number of hydrogen-bond acceptors (Lipinski definition) is 8. The minimum absolute atomic E-state index is 0.00260. The SMILES string of the molecule is CCOC(=O)C1C(=NNS(=O)(=O)c2ccc(C)cc2)CC(C)(O)C(C(=O)OCC)C1c1ccc(C)cc1. The number of carbonyl (C=O) groups excluding carboxylic acids is 2. The van der Waals surface area contributed by atoms with Crippen LogP contribution in [0.3, 0.4) is 0 Å². The molecule has 0 bridgehead atoms. The van der Waals surface area contributed by atoms with Gasteiger partial charge in [0.05, 0.1) is 35.3 Å². The van der Waals surface area contributed by atoms with Crippen LogP contribution in [0.15, 0.2) is 58.5 Å². The third-order valence-electron chi connectivity index (χ3n) is 6.47. The minimum atomic E-state index is -4.06. The van der Waals surface area contributed by atoms with Crippen molar-refractivity contribution in [2.75, 3.05) is 13.2 Å². The predicted octanol–water partition coefficient (Wildman–Crippen LogP) is 3.23. The van der Waals surface area contributed by atoms with Crippen molar-refractivity contribution in [3.05, 3.63) is 65.2 Å². The van der Waals surface area contributed by atoms with Crippen LogP contribution in [0.1, 0.15) is 49.8 Å². The lowest BCUT2D eigenvalue weighted by Gasteiger charge is -2.45. The number of sulfonamides is 1. The second-order valence-corrected chi connectivity index (χ2v) is 11.1. The molecule has 0 saturated heterocycles. The molecule has 4 atom stereocenters. The lowest BCUT2D eigenvalue weighted by atomic mass is 9.61. The number of carbonyl (C=O) groups is 2. The smallest absolute Gasteiger partial charge is 0.315 e. The second-order valence-electron chi connectivity index (χ2n) is 9.44. The Hall–Kier alpha value is -3.24. The molecular weight excluding hydrogens is 496 g/mol. The van der Waals surface area contributed by atoms with Crippen molar-refractivity contribution in [3.8, 4) is 0 Å². The van der Waals surface area contributed by atoms with Crippen molar-refractivity contribution in [2.24, 2.45) is 16.9 Å². The Morgan fingerprint density at radius 1 is 0.973 bits per heavy atom. The highest BCUT2D eigenvalue weighted by molar-refractivity contribution is 7.89. The summed E-state index contributed by atoms with van der Waals surface area (Å²) < 4.78 is 36.5. The van der Waals surface area contributed by atoms with E-state index in [0.717, 1.165) is 11.1 Å². The average molecular weight is 531 g/mol. The number of hydrazone groups is 1. The molecule has 2 N–H and O–H groups in total. The number of benzene rings is 2. The number of esters is 2. The minimum Gasteiger partial charge on any atom is -0.466 e. The first-order valence-electron chi connectivity index (χ1n) is 12.2. The molecular formula is C27H34N2O7S. The van der Waals surface area contributed by atoms with Crippen LogP contribution in [0, 0.1) is 25.7 Å². The number of aryl methyl sites for hydroxylation is 2. The van der Waals surface area contributed by atoms with Gasteiger partial charge in [-0.05, 0) is 52.3 Å². The number of hydrogen-bond donors (Lipinski definition) is 2. The molecule has 1 aliphatic rings. The van der Waals surface area contributed by atoms with E-state index < -0.39 is 45.3 Å². The summed E-state index contributed by atoms with van der Waals surface area (Å²) in [6.07, 6.45) is -0.251. The fourth-order valence-corrected chi connectivity index (χ4v) is 5.53. The molecule has 1 saturated carbocycles. The van der Waals surface area contributed by atoms with Gasteiger partial charge in [-0.1, -0.05) is 47.5 Å². The Bertz CT molecular complexity index is 1250. The molecule has 0 aliphatic heterocycles. The van der Waals surface area contributed by atoms with E-state index in [1.54, 1.807) is 38.1 Å². The van der Waals surface area contributed by atoms with Gasteiger partial charge in [0, 0.05) is 12.3 Å². The third kappa shape index (κ3) is 6.37. The monoisotopic (exact) mass is 530 g/mol. The van der Waals surface area contributed by atoms with Gasteiger partial charge in [-0.15, -0.1) is 0 Å². The van der Waals surface area contributed by atoms with Crippen molar-refractivity contribution in [1.29, 1.82) is 0 Å². The zero-order valence-corrected chi connectivity index (χ0v) is 22.5. The lowest BCUT2D eigenvalue weighted by molar-refractivity contribution is -0.163. The number of aliphatic hydroxyl groups is 1. The van der Waals surface area contributed by atoms with Gasteiger partial charge in [0.15, 0.2) is 0 Å². The number of rotatable bonds is 8. The van der Waals surface area contributed by atoms with Gasteiger partial charge in [-0.3, -0.25) is 9.59 Å². The first-order chi connectivity index (χ1) is 17.4. The summed E-state index contributed by atoms with van der Waals surface area (Å²) in [5.41, 5.74) is 0.813. The summed E-state index contributed by atoms with van der Waals surface area (Å²) >= 11 is 0. The van der Waals surface area contributed by atoms with Crippen LogP contribution in [0.2, 0.25) is 0 Å². The molecule has 2 aromatic rings. The maximum absolute atomic E-state index is 13.3. The summed E-state index contributed by atoms with van der Waals surface area (Å²) in [6, 6.07) is 13.4. The zero-order valence-electron chi connectivity index (χ0n) is 21.7. The van der Waals surface area contributed by atoms with Crippen molar-refractivity contribution < 1.29 is 32.6 Å². The molecule has 0 spiro atoms. The fraction of sp³-hybridized carbons (Fsp3) is 0.444. The van der Waals surface area contributed by atoms with Crippen molar-refractivity contribution in [2.45, 2.75) is 57.5 Å². The molecule has 1 aliphatic carbocycles. The molecule has 4 unspecified atom stereocenters. The molecule has 0 radical (unpaired) electrons. The Labute approximate surface area is 217 Å². The first-order valence-corrected chi connectivity index (χ1v) is 13.7. The third-order valence-corrected chi connectivity index (χ3v) is 7.69. The van der Waals surface area contributed by atoms with E-state index in [4.69, 9.17) is 9.47 Å². The molecule has 0 heterocycles. The number of nitrogens with one attached hydrogen (secondary N) is 1. The standard InChI is InChI=1S/C27H34N2O7S/c1-6-35-25(30)23-21(28-29-37(33,34)20-14-10-18(4)11-15-20)16-27(5,32)24(26(31)36-7-2)22(23)19-12-8-17(3)9-13-19/h8-15,22-24,29,32H,6-7,16H2,1-5H3. The summed E-state index contributed by atoms with van der Waals surface area (Å²) in [5, 5.41) is 15.6. The van der Waals surface area contributed by atoms with E-state index in [9.17, 15) is 23.1 Å². The van der Waals surface area contributed by atoms with Crippen LogP contribution < -0.4 is 4.83 Å². The lowest BCUT2D eigenvalue weighted by Crippen LogP contribution is -2.55. The topological polar surface area (TPSA) is 131 Å². The second kappa shape index (κ2) is 11.4. The van der Waals surface area contributed by atoms with Gasteiger partial charge in [0.1, 0.15) is 5.92 Å². The van der Waals surface area contributed by atoms with Crippen molar-refractivity contribution in [1.82, 2.24) is 4.83 Å². The van der Waals surface area contributed by atoms with Crippen molar-refractivity contribution >= 4 is 27.7 Å². The quantitative estimate of drug-likeness (QED) is 0.396. The largest absolute Gasteiger partial charge is 0.466 e. The van der Waals surface area contributed by atoms with Crippen LogP contribution in [0.25, 0.3) is 0 Å². The van der Waals surface area contributed by atoms with Crippen LogP contribution >= 0.6 is 0 Å². The van der Waals surface area contributed by atoms with Gasteiger partial charge in [0.25, 0.3) is 10.0 Å². The molecule has 0 aromatic heterocycles. The molecule has 37 heavy (non-hydrogen) atoms. The molecule has 10 heteroatoms. The summed E-state index contributed by atoms with van der Waals surface area (Å²) in [6.45, 7) is 8.67. The first kappa shape index (κ1) is 28.3. The van der Waals surface area contributed by atoms with Gasteiger partial charge < -0.3 is 14.6 Å². The highest BCUT2D eigenvalue weighted by Gasteiger charge is 2.56. The Morgan fingerprint density at radius 2 is 1.49 bits per heavy atom. The maximum Gasteiger partial charge on any atom is 0.315 e. The highest BCUT2D eigenvalue weighted by atomic mass is 32.2. The normalized spacial score (nSPS) is 24.9. The van der Waals surface area contributed by atoms with E-state index in [-0.39, 0.29) is 30.2 Å². The fourth-order valence-electron chi connectivity index (χ4n) is 4.69. The molecule has 0 amide bonds. The van der Waals surface area contributed by atoms with Crippen LogP contribution in [-0.2, 0) is 29.1 Å². The van der Waals surface area contributed by atoms with Crippen molar-refractivity contribution in [3.63, 3.8) is 0 Å². The number of nitrogens with zero attached hydrogens (tertiary/aromatic N) is 1. The summed E-state index contributed by atoms with van der Waals surface area (Å²) in [5.74, 6) is -4.52. The predicted molar refractivity (Wildman–Crippen MR) is 138 cm³/mol. The highest BCUT2D eigenvalue weighted by Crippen LogP contribution is 2.47. The van der Waals surface area contributed by atoms with E-state index >= 15 is 0 Å². The molecule has 3 rings (SSSR count). The molecule has 9 nitrogen and oxygen atoms in total. The molecule has 1 fully saturated rings. The summed E-state index contributed by atoms with van der Waals surface area (Å²) in [4.78, 5) is 28.7. The Morgan fingerprint density at radius 3 is 2.03 bits per heavy atom. The van der Waals surface area contributed by atoms with E-state index in [1.165, 1.54) is 19.1 Å². The average Bonchev–Trinajstić information content (AvgIpc) is 2.83. The molecule has 200 valence electrons. The maximum atomic E-state index is 13.3.